The van der Waals surface area contributed by atoms with Crippen LogP contribution in [0.3, 0.4) is 0 Å². The highest BCUT2D eigenvalue weighted by Gasteiger charge is 2.38. The van der Waals surface area contributed by atoms with Gasteiger partial charge in [-0.2, -0.15) is 8.78 Å². The van der Waals surface area contributed by atoms with Crippen molar-refractivity contribution in [3.8, 4) is 0 Å². The van der Waals surface area contributed by atoms with Crippen LogP contribution >= 0.6 is 20.8 Å². The van der Waals surface area contributed by atoms with E-state index in [0.717, 1.165) is 17.2 Å². The summed E-state index contributed by atoms with van der Waals surface area (Å²) in [4.78, 5) is 8.68. The Bertz CT molecular complexity index is 1240. The van der Waals surface area contributed by atoms with Crippen molar-refractivity contribution < 1.29 is 13.2 Å². The smallest absolute Gasteiger partial charge is 0.283 e. The minimum atomic E-state index is -3.30. The van der Waals surface area contributed by atoms with E-state index in [9.17, 15) is 13.2 Å². The molecule has 0 fully saturated rings. The Labute approximate surface area is 203 Å². The van der Waals surface area contributed by atoms with Crippen molar-refractivity contribution in [1.29, 1.82) is 0 Å². The monoisotopic (exact) mass is 499 g/mol. The largest absolute Gasteiger partial charge is 0.298 e. The van der Waals surface area contributed by atoms with Crippen molar-refractivity contribution in [2.45, 2.75) is 24.2 Å². The minimum absolute atomic E-state index is 0.326. The molecule has 2 unspecified atom stereocenters. The highest BCUT2D eigenvalue weighted by Crippen LogP contribution is 2.40. The Morgan fingerprint density at radius 3 is 2.26 bits per heavy atom. The van der Waals surface area contributed by atoms with Crippen LogP contribution in [0.2, 0.25) is 5.02 Å². The third kappa shape index (κ3) is 5.64. The zero-order chi connectivity index (χ0) is 24.2. The van der Waals surface area contributed by atoms with E-state index >= 15 is 0 Å². The number of hydrogen-bond donors (Lipinski definition) is 1. The summed E-state index contributed by atoms with van der Waals surface area (Å²) in [5, 5.41) is 3.92. The molecule has 174 valence electrons. The maximum Gasteiger partial charge on any atom is 0.283 e. The molecule has 34 heavy (non-hydrogen) atoms. The molecule has 4 aromatic rings. The van der Waals surface area contributed by atoms with E-state index in [1.807, 2.05) is 42.5 Å². The molecular weight excluding hydrogens is 478 g/mol. The summed E-state index contributed by atoms with van der Waals surface area (Å²) < 4.78 is 43.3. The van der Waals surface area contributed by atoms with Gasteiger partial charge in [0.2, 0.25) is 0 Å². The van der Waals surface area contributed by atoms with Crippen LogP contribution in [0.4, 0.5) is 13.2 Å². The lowest BCUT2D eigenvalue weighted by Crippen LogP contribution is -2.46. The summed E-state index contributed by atoms with van der Waals surface area (Å²) in [7, 11) is 1.47. The van der Waals surface area contributed by atoms with Gasteiger partial charge in [0.05, 0.1) is 16.3 Å². The van der Waals surface area contributed by atoms with Gasteiger partial charge in [-0.25, -0.2) is 4.39 Å². The molecule has 0 spiro atoms. The van der Waals surface area contributed by atoms with Crippen LogP contribution < -0.4 is 5.32 Å². The third-order valence-electron chi connectivity index (χ3n) is 5.57. The molecule has 0 saturated heterocycles. The number of nitrogens with zero attached hydrogens (tertiary/aromatic N) is 2. The average molecular weight is 500 g/mol. The molecule has 0 saturated carbocycles. The summed E-state index contributed by atoms with van der Waals surface area (Å²) >= 11 is 6.10. The van der Waals surface area contributed by atoms with Gasteiger partial charge in [-0.05, 0) is 53.1 Å². The first-order valence-electron chi connectivity index (χ1n) is 10.5. The van der Waals surface area contributed by atoms with Crippen molar-refractivity contribution >= 4 is 20.8 Å². The van der Waals surface area contributed by atoms with Crippen molar-refractivity contribution in [1.82, 2.24) is 15.3 Å². The van der Waals surface area contributed by atoms with Crippen LogP contribution in [0.15, 0.2) is 91.4 Å². The number of hydrogen-bond acceptors (Lipinski definition) is 3. The topological polar surface area (TPSA) is 37.8 Å². The third-order valence-corrected chi connectivity index (χ3v) is 6.13. The molecule has 4 rings (SSSR count). The Balaban J connectivity index is 1.93. The van der Waals surface area contributed by atoms with Crippen LogP contribution in [-0.2, 0) is 24.2 Å². The Morgan fingerprint density at radius 1 is 0.882 bits per heavy atom. The number of rotatable bonds is 8. The van der Waals surface area contributed by atoms with Gasteiger partial charge in [0, 0.05) is 37.1 Å². The second-order valence-electron chi connectivity index (χ2n) is 8.00. The van der Waals surface area contributed by atoms with Crippen LogP contribution in [0.1, 0.15) is 27.9 Å². The van der Waals surface area contributed by atoms with E-state index in [1.165, 1.54) is 27.6 Å². The van der Waals surface area contributed by atoms with Gasteiger partial charge in [0.1, 0.15) is 5.82 Å². The predicted molar refractivity (Wildman–Crippen MR) is 131 cm³/mol. The van der Waals surface area contributed by atoms with Gasteiger partial charge in [-0.1, -0.05) is 57.2 Å². The SMILES string of the molecule is Fc1cc(C(F)(F)P)cc(C(Cc2ccccc2)(NCc2cccnc2)c2ccc(Cl)cn2)c1. The van der Waals surface area contributed by atoms with E-state index < -0.39 is 22.6 Å². The standard InChI is InChI=1S/C26H22ClF3N3P/c27-22-8-9-24(32-17-22)25(14-18-5-2-1-3-6-18,33-16-19-7-4-10-31-15-19)20-11-21(26(29,30)34)13-23(28)12-20/h1-13,15,17,33H,14,16,34H2. The zero-order valence-corrected chi connectivity index (χ0v) is 20.0. The first-order valence-corrected chi connectivity index (χ1v) is 11.5. The average Bonchev–Trinajstić information content (AvgIpc) is 2.83. The minimum Gasteiger partial charge on any atom is -0.298 e. The van der Waals surface area contributed by atoms with E-state index in [-0.39, 0.29) is 0 Å². The summed E-state index contributed by atoms with van der Waals surface area (Å²) in [6.07, 6.45) is 5.20. The maximum absolute atomic E-state index is 14.7. The van der Waals surface area contributed by atoms with Crippen LogP contribution in [-0.4, -0.2) is 9.97 Å². The van der Waals surface area contributed by atoms with Crippen molar-refractivity contribution in [2.24, 2.45) is 0 Å². The lowest BCUT2D eigenvalue weighted by Gasteiger charge is -2.36. The molecule has 0 radical (unpaired) electrons. The lowest BCUT2D eigenvalue weighted by molar-refractivity contribution is 0.103. The molecule has 0 aliphatic heterocycles. The highest BCUT2D eigenvalue weighted by atomic mass is 35.5. The van der Waals surface area contributed by atoms with Crippen molar-refractivity contribution in [2.75, 3.05) is 0 Å². The molecule has 1 N–H and O–H groups in total. The molecule has 2 aromatic carbocycles. The Morgan fingerprint density at radius 2 is 1.62 bits per heavy atom. The summed E-state index contributed by atoms with van der Waals surface area (Å²) in [5.74, 6) is -0.760. The molecule has 0 aliphatic rings. The fourth-order valence-electron chi connectivity index (χ4n) is 3.91. The summed E-state index contributed by atoms with van der Waals surface area (Å²) in [6.45, 7) is 0.341. The molecule has 0 aliphatic carbocycles. The molecule has 3 nitrogen and oxygen atoms in total. The highest BCUT2D eigenvalue weighted by molar-refractivity contribution is 7.17. The van der Waals surface area contributed by atoms with Gasteiger partial charge < -0.3 is 0 Å². The van der Waals surface area contributed by atoms with Crippen molar-refractivity contribution in [3.05, 3.63) is 130 Å². The molecule has 2 atom stereocenters. The predicted octanol–water partition coefficient (Wildman–Crippen LogP) is 6.47. The van der Waals surface area contributed by atoms with Gasteiger partial charge in [-0.15, -0.1) is 0 Å². The molecule has 2 aromatic heterocycles. The van der Waals surface area contributed by atoms with Gasteiger partial charge in [-0.3, -0.25) is 15.3 Å². The maximum atomic E-state index is 14.7. The van der Waals surface area contributed by atoms with Crippen molar-refractivity contribution in [3.63, 3.8) is 0 Å². The van der Waals surface area contributed by atoms with Crippen LogP contribution in [0, 0.1) is 5.82 Å². The Kier molecular flexibility index (Phi) is 7.32. The molecule has 2 heterocycles. The fraction of sp³-hybridized carbons (Fsp3) is 0.154. The van der Waals surface area contributed by atoms with E-state index in [1.54, 1.807) is 24.5 Å². The van der Waals surface area contributed by atoms with Crippen LogP contribution in [0.5, 0.6) is 0 Å². The number of pyridine rings is 2. The van der Waals surface area contributed by atoms with Gasteiger partial charge in [0.15, 0.2) is 0 Å². The first kappa shape index (κ1) is 24.3. The number of benzene rings is 2. The van der Waals surface area contributed by atoms with E-state index in [0.29, 0.717) is 29.2 Å². The zero-order valence-electron chi connectivity index (χ0n) is 18.1. The second kappa shape index (κ2) is 10.2. The van der Waals surface area contributed by atoms with E-state index in [2.05, 4.69) is 15.3 Å². The normalized spacial score (nSPS) is 13.4. The quantitative estimate of drug-likeness (QED) is 0.282. The summed E-state index contributed by atoms with van der Waals surface area (Å²) in [6, 6.07) is 20.1. The molecular formula is C26H22ClF3N3P. The van der Waals surface area contributed by atoms with Crippen LogP contribution in [0.25, 0.3) is 0 Å². The number of nitrogens with one attached hydrogen (secondary N) is 1. The van der Waals surface area contributed by atoms with E-state index in [4.69, 9.17) is 11.6 Å². The Hall–Kier alpha value is -2.79. The number of alkyl halides is 2. The summed E-state index contributed by atoms with van der Waals surface area (Å²) in [5.41, 5.74) is -2.24. The first-order chi connectivity index (χ1) is 16.3. The second-order valence-corrected chi connectivity index (χ2v) is 9.16. The van der Waals surface area contributed by atoms with Gasteiger partial charge in [0.25, 0.3) is 5.66 Å². The molecule has 0 bridgehead atoms. The molecule has 8 heteroatoms. The number of aromatic nitrogens is 2. The molecule has 0 amide bonds. The number of halogens is 4. The van der Waals surface area contributed by atoms with Gasteiger partial charge >= 0.3 is 0 Å². The lowest BCUT2D eigenvalue weighted by atomic mass is 9.79. The fourth-order valence-corrected chi connectivity index (χ4v) is 4.19.